The summed E-state index contributed by atoms with van der Waals surface area (Å²) < 4.78 is 0. The second-order valence-corrected chi connectivity index (χ2v) is 3.27. The molecule has 0 aromatic heterocycles. The molecule has 0 radical (unpaired) electrons. The van der Waals surface area contributed by atoms with Crippen LogP contribution in [0.25, 0.3) is 0 Å². The van der Waals surface area contributed by atoms with Crippen LogP contribution in [0.5, 0.6) is 0 Å². The first-order valence-corrected chi connectivity index (χ1v) is 3.92. The largest absolute Gasteiger partial charge is 0.379 e. The summed E-state index contributed by atoms with van der Waals surface area (Å²) in [6.45, 7) is 10.2. The summed E-state index contributed by atoms with van der Waals surface area (Å²) in [6, 6.07) is 0.833. The molecule has 1 atom stereocenters. The second kappa shape index (κ2) is 3.94. The number of aliphatic hydroxyl groups excluding tert-OH is 1. The van der Waals surface area contributed by atoms with E-state index in [9.17, 15) is 5.11 Å². The lowest BCUT2D eigenvalue weighted by molar-refractivity contribution is -0.0235. The zero-order valence-corrected chi connectivity index (χ0v) is 7.63. The second-order valence-electron chi connectivity index (χ2n) is 3.27. The molecule has 1 N–H and O–H groups in total. The van der Waals surface area contributed by atoms with Crippen LogP contribution in [-0.2, 0) is 0 Å². The van der Waals surface area contributed by atoms with Gasteiger partial charge in [0.05, 0.1) is 0 Å². The third-order valence-electron chi connectivity index (χ3n) is 1.62. The monoisotopic (exact) mass is 145 g/mol. The SMILES string of the molecule is CC(C)N(C(C)C)C(C)O. The van der Waals surface area contributed by atoms with Gasteiger partial charge in [-0.2, -0.15) is 0 Å². The highest BCUT2D eigenvalue weighted by molar-refractivity contribution is 4.67. The summed E-state index contributed by atoms with van der Waals surface area (Å²) >= 11 is 0. The van der Waals surface area contributed by atoms with Crippen molar-refractivity contribution in [2.45, 2.75) is 52.9 Å². The van der Waals surface area contributed by atoms with Crippen LogP contribution in [0.3, 0.4) is 0 Å². The Bertz CT molecular complexity index is 70.2. The number of aliphatic hydroxyl groups is 1. The highest BCUT2D eigenvalue weighted by Gasteiger charge is 2.16. The average molecular weight is 145 g/mol. The number of hydrogen-bond acceptors (Lipinski definition) is 2. The fourth-order valence-electron chi connectivity index (χ4n) is 1.46. The van der Waals surface area contributed by atoms with Crippen molar-refractivity contribution in [1.82, 2.24) is 4.90 Å². The van der Waals surface area contributed by atoms with Gasteiger partial charge in [-0.15, -0.1) is 0 Å². The maximum atomic E-state index is 9.28. The highest BCUT2D eigenvalue weighted by atomic mass is 16.3. The number of nitrogens with zero attached hydrogens (tertiary/aromatic N) is 1. The number of rotatable bonds is 3. The van der Waals surface area contributed by atoms with Gasteiger partial charge < -0.3 is 5.11 Å². The standard InChI is InChI=1S/C8H19NO/c1-6(2)9(7(3)4)8(5)10/h6-8,10H,1-5H3. The van der Waals surface area contributed by atoms with E-state index >= 15 is 0 Å². The molecule has 10 heavy (non-hydrogen) atoms. The minimum absolute atomic E-state index is 0.333. The molecule has 0 bridgehead atoms. The first-order chi connectivity index (χ1) is 4.46. The molecule has 0 aliphatic carbocycles. The van der Waals surface area contributed by atoms with Crippen molar-refractivity contribution >= 4 is 0 Å². The van der Waals surface area contributed by atoms with Crippen LogP contribution < -0.4 is 0 Å². The van der Waals surface area contributed by atoms with Crippen molar-refractivity contribution in [3.05, 3.63) is 0 Å². The fraction of sp³-hybridized carbons (Fsp3) is 1.00. The minimum Gasteiger partial charge on any atom is -0.379 e. The molecule has 62 valence electrons. The van der Waals surface area contributed by atoms with Crippen LogP contribution in [-0.4, -0.2) is 28.3 Å². The van der Waals surface area contributed by atoms with E-state index in [2.05, 4.69) is 32.6 Å². The molecule has 0 aromatic carbocycles. The van der Waals surface area contributed by atoms with Crippen molar-refractivity contribution in [1.29, 1.82) is 0 Å². The molecule has 0 aliphatic heterocycles. The molecule has 0 saturated carbocycles. The summed E-state index contributed by atoms with van der Waals surface area (Å²) in [6.07, 6.45) is -0.333. The van der Waals surface area contributed by atoms with Crippen LogP contribution in [0.2, 0.25) is 0 Å². The molecule has 0 aromatic rings. The zero-order chi connectivity index (χ0) is 8.31. The summed E-state index contributed by atoms with van der Waals surface area (Å²) in [5.41, 5.74) is 0. The highest BCUT2D eigenvalue weighted by Crippen LogP contribution is 2.07. The Morgan fingerprint density at radius 2 is 1.20 bits per heavy atom. The maximum absolute atomic E-state index is 9.28. The molecule has 0 spiro atoms. The zero-order valence-electron chi connectivity index (χ0n) is 7.63. The van der Waals surface area contributed by atoms with Crippen molar-refractivity contribution < 1.29 is 5.11 Å². The van der Waals surface area contributed by atoms with E-state index in [-0.39, 0.29) is 6.23 Å². The molecular formula is C8H19NO. The van der Waals surface area contributed by atoms with Crippen molar-refractivity contribution in [2.75, 3.05) is 0 Å². The lowest BCUT2D eigenvalue weighted by Crippen LogP contribution is -2.43. The molecule has 2 nitrogen and oxygen atoms in total. The molecular weight excluding hydrogens is 126 g/mol. The third kappa shape index (κ3) is 2.67. The van der Waals surface area contributed by atoms with Gasteiger partial charge in [-0.3, -0.25) is 4.90 Å². The van der Waals surface area contributed by atoms with E-state index in [1.54, 1.807) is 6.92 Å². The summed E-state index contributed by atoms with van der Waals surface area (Å²) in [5.74, 6) is 0. The average Bonchev–Trinajstić information content (AvgIpc) is 1.59. The van der Waals surface area contributed by atoms with Gasteiger partial charge in [-0.05, 0) is 34.6 Å². The first kappa shape index (κ1) is 9.92. The minimum atomic E-state index is -0.333. The van der Waals surface area contributed by atoms with Gasteiger partial charge in [-0.1, -0.05) is 0 Å². The molecule has 0 saturated heterocycles. The van der Waals surface area contributed by atoms with Crippen molar-refractivity contribution in [2.24, 2.45) is 0 Å². The predicted molar refractivity (Wildman–Crippen MR) is 43.8 cm³/mol. The van der Waals surface area contributed by atoms with E-state index < -0.39 is 0 Å². The lowest BCUT2D eigenvalue weighted by atomic mass is 10.2. The van der Waals surface area contributed by atoms with Crippen LogP contribution >= 0.6 is 0 Å². The van der Waals surface area contributed by atoms with Gasteiger partial charge in [0.15, 0.2) is 0 Å². The van der Waals surface area contributed by atoms with Gasteiger partial charge in [0.2, 0.25) is 0 Å². The normalized spacial score (nSPS) is 15.3. The fourth-order valence-corrected chi connectivity index (χ4v) is 1.46. The molecule has 0 fully saturated rings. The van der Waals surface area contributed by atoms with Crippen molar-refractivity contribution in [3.8, 4) is 0 Å². The van der Waals surface area contributed by atoms with Gasteiger partial charge in [0.1, 0.15) is 6.23 Å². The van der Waals surface area contributed by atoms with E-state index in [4.69, 9.17) is 0 Å². The van der Waals surface area contributed by atoms with Gasteiger partial charge in [-0.25, -0.2) is 0 Å². The molecule has 2 heteroatoms. The van der Waals surface area contributed by atoms with Crippen LogP contribution in [0.1, 0.15) is 34.6 Å². The van der Waals surface area contributed by atoms with Crippen molar-refractivity contribution in [3.63, 3.8) is 0 Å². The Labute approximate surface area is 63.8 Å². The predicted octanol–water partition coefficient (Wildman–Crippen LogP) is 1.44. The quantitative estimate of drug-likeness (QED) is 0.607. The Kier molecular flexibility index (Phi) is 3.91. The Morgan fingerprint density at radius 1 is 0.900 bits per heavy atom. The van der Waals surface area contributed by atoms with Gasteiger partial charge >= 0.3 is 0 Å². The van der Waals surface area contributed by atoms with Crippen LogP contribution in [0, 0.1) is 0 Å². The Morgan fingerprint density at radius 3 is 1.20 bits per heavy atom. The van der Waals surface area contributed by atoms with Gasteiger partial charge in [0, 0.05) is 12.1 Å². The summed E-state index contributed by atoms with van der Waals surface area (Å²) in [5, 5.41) is 9.28. The maximum Gasteiger partial charge on any atom is 0.104 e. The summed E-state index contributed by atoms with van der Waals surface area (Å²) in [7, 11) is 0. The van der Waals surface area contributed by atoms with E-state index in [1.165, 1.54) is 0 Å². The topological polar surface area (TPSA) is 23.5 Å². The van der Waals surface area contributed by atoms with Gasteiger partial charge in [0.25, 0.3) is 0 Å². The molecule has 0 heterocycles. The molecule has 0 amide bonds. The molecule has 1 unspecified atom stereocenters. The Balaban J connectivity index is 3.98. The smallest absolute Gasteiger partial charge is 0.104 e. The van der Waals surface area contributed by atoms with E-state index in [0.29, 0.717) is 12.1 Å². The molecule has 0 rings (SSSR count). The first-order valence-electron chi connectivity index (χ1n) is 3.92. The third-order valence-corrected chi connectivity index (χ3v) is 1.62. The lowest BCUT2D eigenvalue weighted by Gasteiger charge is -2.32. The Hall–Kier alpha value is -0.0800. The number of hydrogen-bond donors (Lipinski definition) is 1. The summed E-state index contributed by atoms with van der Waals surface area (Å²) in [4.78, 5) is 2.06. The van der Waals surface area contributed by atoms with Crippen LogP contribution in [0.15, 0.2) is 0 Å². The van der Waals surface area contributed by atoms with Crippen LogP contribution in [0.4, 0.5) is 0 Å². The van der Waals surface area contributed by atoms with E-state index in [0.717, 1.165) is 0 Å². The molecule has 0 aliphatic rings. The van der Waals surface area contributed by atoms with E-state index in [1.807, 2.05) is 0 Å².